The first kappa shape index (κ1) is 23.9. The van der Waals surface area contributed by atoms with E-state index in [4.69, 9.17) is 17.3 Å². The third-order valence-corrected chi connectivity index (χ3v) is 12.6. The maximum Gasteiger partial charge on any atom is 0.230 e. The highest BCUT2D eigenvalue weighted by Gasteiger charge is 2.53. The molecule has 1 saturated carbocycles. The number of primary amides is 1. The Bertz CT molecular complexity index is 991. The molecule has 32 heavy (non-hydrogen) atoms. The van der Waals surface area contributed by atoms with Crippen molar-refractivity contribution in [3.05, 3.63) is 50.9 Å². The fourth-order valence-electron chi connectivity index (χ4n) is 4.78. The number of thiazole rings is 1. The lowest BCUT2D eigenvalue weighted by molar-refractivity contribution is -0.120. The lowest BCUT2D eigenvalue weighted by Crippen LogP contribution is -2.37. The molecule has 3 atom stereocenters. The summed E-state index contributed by atoms with van der Waals surface area (Å²) < 4.78 is 0. The Morgan fingerprint density at radius 2 is 2.06 bits per heavy atom. The van der Waals surface area contributed by atoms with Crippen LogP contribution in [-0.4, -0.2) is 43.2 Å². The molecule has 1 aromatic heterocycles. The van der Waals surface area contributed by atoms with Gasteiger partial charge in [-0.15, -0.1) is 11.3 Å². The summed E-state index contributed by atoms with van der Waals surface area (Å²) in [5.41, 5.74) is 6.40. The number of rotatable bonds is 8. The lowest BCUT2D eigenvalue weighted by Gasteiger charge is -2.35. The second-order valence-electron chi connectivity index (χ2n) is 10.5. The Hall–Kier alpha value is -1.25. The normalized spacial score (nSPS) is 24.5. The van der Waals surface area contributed by atoms with Gasteiger partial charge in [0.15, 0.2) is 0 Å². The van der Waals surface area contributed by atoms with Gasteiger partial charge in [-0.3, -0.25) is 9.69 Å². The molecule has 1 amide bonds. The van der Waals surface area contributed by atoms with E-state index in [2.05, 4.69) is 37.6 Å². The van der Waals surface area contributed by atoms with Crippen molar-refractivity contribution >= 4 is 38.4 Å². The second-order valence-corrected chi connectivity index (χ2v) is 15.2. The summed E-state index contributed by atoms with van der Waals surface area (Å²) in [7, 11) is -0.528. The Balaban J connectivity index is 1.67. The number of amides is 1. The number of carbonyl (C=O) groups is 1. The molecule has 0 bridgehead atoms. The van der Waals surface area contributed by atoms with E-state index in [0.29, 0.717) is 21.5 Å². The van der Waals surface area contributed by atoms with Crippen LogP contribution in [0.25, 0.3) is 0 Å². The summed E-state index contributed by atoms with van der Waals surface area (Å²) in [6, 6.07) is 7.65. The predicted molar refractivity (Wildman–Crippen MR) is 134 cm³/mol. The van der Waals surface area contributed by atoms with Gasteiger partial charge in [-0.25, -0.2) is 4.98 Å². The lowest BCUT2D eigenvalue weighted by atomic mass is 9.99. The Labute approximate surface area is 202 Å². The molecular weight excluding hydrogens is 458 g/mol. The topological polar surface area (TPSA) is 79.5 Å². The number of aromatic nitrogens is 1. The van der Waals surface area contributed by atoms with Gasteiger partial charge < -0.3 is 10.8 Å². The minimum atomic E-state index is -0.603. The number of carbonyl (C=O) groups excluding carboxylic acids is 1. The number of hydrogen-bond donors (Lipinski definition) is 2. The maximum absolute atomic E-state index is 12.0. The van der Waals surface area contributed by atoms with Gasteiger partial charge in [0.2, 0.25) is 5.91 Å². The van der Waals surface area contributed by atoms with Crippen LogP contribution in [0.4, 0.5) is 0 Å². The third kappa shape index (κ3) is 4.30. The number of aliphatic hydroxyl groups is 1. The molecule has 4 rings (SSSR count). The van der Waals surface area contributed by atoms with E-state index in [-0.39, 0.29) is 11.9 Å². The van der Waals surface area contributed by atoms with Gasteiger partial charge in [-0.05, 0) is 47.4 Å². The summed E-state index contributed by atoms with van der Waals surface area (Å²) in [5, 5.41) is 13.2. The summed E-state index contributed by atoms with van der Waals surface area (Å²) in [6.45, 7) is 10.1. The van der Waals surface area contributed by atoms with Crippen molar-refractivity contribution in [1.29, 1.82) is 0 Å². The average molecular weight is 492 g/mol. The number of likely N-dealkylation sites (tertiary alicyclic amines) is 1. The molecule has 174 valence electrons. The van der Waals surface area contributed by atoms with Crippen LogP contribution < -0.4 is 5.73 Å². The molecule has 1 aliphatic carbocycles. The van der Waals surface area contributed by atoms with Crippen molar-refractivity contribution in [3.63, 3.8) is 0 Å². The van der Waals surface area contributed by atoms with Crippen molar-refractivity contribution in [2.45, 2.75) is 75.2 Å². The second kappa shape index (κ2) is 8.84. The van der Waals surface area contributed by atoms with Crippen molar-refractivity contribution in [3.8, 4) is 0 Å². The Morgan fingerprint density at radius 1 is 1.38 bits per heavy atom. The average Bonchev–Trinajstić information content (AvgIpc) is 3.29. The van der Waals surface area contributed by atoms with Crippen molar-refractivity contribution in [2.24, 2.45) is 11.7 Å². The SMILES string of the molecule is CC(C)C(C)(C)[SiH2]C1CCN([C@@H](c2cnc(C3(C(N)=O)CC3)s2)c2ccccc2Cl)C1O. The summed E-state index contributed by atoms with van der Waals surface area (Å²) in [5.74, 6) is 0.304. The van der Waals surface area contributed by atoms with Crippen LogP contribution in [0.1, 0.15) is 68.4 Å². The fourth-order valence-corrected chi connectivity index (χ4v) is 9.02. The van der Waals surface area contributed by atoms with Crippen molar-refractivity contribution in [1.82, 2.24) is 9.88 Å². The molecule has 2 aromatic rings. The van der Waals surface area contributed by atoms with Crippen LogP contribution in [-0.2, 0) is 10.2 Å². The monoisotopic (exact) mass is 491 g/mol. The van der Waals surface area contributed by atoms with E-state index in [9.17, 15) is 9.90 Å². The first-order valence-electron chi connectivity index (χ1n) is 11.5. The zero-order valence-corrected chi connectivity index (χ0v) is 22.3. The summed E-state index contributed by atoms with van der Waals surface area (Å²) in [6.07, 6.45) is 3.87. The van der Waals surface area contributed by atoms with E-state index < -0.39 is 21.2 Å². The van der Waals surface area contributed by atoms with E-state index in [0.717, 1.165) is 41.3 Å². The minimum absolute atomic E-state index is 0.185. The summed E-state index contributed by atoms with van der Waals surface area (Å²) >= 11 is 8.19. The first-order valence-corrected chi connectivity index (χ1v) is 14.2. The van der Waals surface area contributed by atoms with E-state index in [1.807, 2.05) is 30.5 Å². The van der Waals surface area contributed by atoms with Crippen molar-refractivity contribution < 1.29 is 9.90 Å². The first-order chi connectivity index (χ1) is 15.1. The van der Waals surface area contributed by atoms with E-state index in [1.54, 1.807) is 0 Å². The van der Waals surface area contributed by atoms with Gasteiger partial charge in [0.1, 0.15) is 16.7 Å². The van der Waals surface area contributed by atoms with Gasteiger partial charge in [0, 0.05) is 32.2 Å². The highest BCUT2D eigenvalue weighted by Crippen LogP contribution is 2.51. The number of nitrogens with zero attached hydrogens (tertiary/aromatic N) is 2. The van der Waals surface area contributed by atoms with Gasteiger partial charge in [0.05, 0.1) is 6.04 Å². The zero-order chi connectivity index (χ0) is 23.3. The minimum Gasteiger partial charge on any atom is -0.378 e. The number of benzene rings is 1. The molecule has 1 aliphatic heterocycles. The number of halogens is 1. The van der Waals surface area contributed by atoms with Gasteiger partial charge in [0.25, 0.3) is 0 Å². The molecule has 0 spiro atoms. The summed E-state index contributed by atoms with van der Waals surface area (Å²) in [4.78, 5) is 19.9. The third-order valence-electron chi connectivity index (χ3n) is 7.83. The molecule has 2 fully saturated rings. The van der Waals surface area contributed by atoms with Crippen LogP contribution in [0.5, 0.6) is 0 Å². The van der Waals surface area contributed by atoms with Crippen LogP contribution in [0.2, 0.25) is 15.6 Å². The van der Waals surface area contributed by atoms with Crippen LogP contribution >= 0.6 is 22.9 Å². The molecule has 0 radical (unpaired) electrons. The van der Waals surface area contributed by atoms with Crippen LogP contribution in [0.3, 0.4) is 0 Å². The molecule has 1 aromatic carbocycles. The number of hydrogen-bond acceptors (Lipinski definition) is 5. The molecule has 8 heteroatoms. The molecule has 2 aliphatic rings. The zero-order valence-electron chi connectivity index (χ0n) is 19.3. The number of aliphatic hydroxyl groups excluding tert-OH is 1. The Morgan fingerprint density at radius 3 is 2.66 bits per heavy atom. The van der Waals surface area contributed by atoms with Crippen LogP contribution in [0, 0.1) is 5.92 Å². The molecular formula is C24H34ClN3O2SSi. The van der Waals surface area contributed by atoms with E-state index >= 15 is 0 Å². The van der Waals surface area contributed by atoms with Gasteiger partial charge >= 0.3 is 0 Å². The predicted octanol–water partition coefficient (Wildman–Crippen LogP) is 4.24. The molecule has 2 unspecified atom stereocenters. The van der Waals surface area contributed by atoms with E-state index in [1.165, 1.54) is 11.3 Å². The van der Waals surface area contributed by atoms with Gasteiger partial charge in [-0.2, -0.15) is 0 Å². The van der Waals surface area contributed by atoms with Crippen molar-refractivity contribution in [2.75, 3.05) is 6.54 Å². The fraction of sp³-hybridized carbons (Fsp3) is 0.583. The highest BCUT2D eigenvalue weighted by molar-refractivity contribution is 7.12. The standard InChI is InChI=1S/C24H34ClN3O2SSi/c1-14(2)23(3,4)32-18-9-12-28(20(18)29)19(15-7-5-6-8-16(15)25)17-13-27-22(31-17)24(10-11-24)21(26)30/h5-8,13-14,18-20,29H,9-12,32H2,1-4H3,(H2,26,30)/t18?,19-,20?/m1/s1. The highest BCUT2D eigenvalue weighted by atomic mass is 35.5. The smallest absolute Gasteiger partial charge is 0.230 e. The maximum atomic E-state index is 12.0. The largest absolute Gasteiger partial charge is 0.378 e. The Kier molecular flexibility index (Phi) is 6.60. The molecule has 3 N–H and O–H groups in total. The molecule has 2 heterocycles. The van der Waals surface area contributed by atoms with Gasteiger partial charge in [-0.1, -0.05) is 57.5 Å². The molecule has 1 saturated heterocycles. The quantitative estimate of drug-likeness (QED) is 0.541. The number of nitrogens with two attached hydrogens (primary N) is 1. The molecule has 5 nitrogen and oxygen atoms in total. The van der Waals surface area contributed by atoms with Crippen LogP contribution in [0.15, 0.2) is 30.5 Å².